The second-order valence-corrected chi connectivity index (χ2v) is 16.8. The van der Waals surface area contributed by atoms with E-state index < -0.39 is 23.8 Å². The Morgan fingerprint density at radius 3 is 1.17 bits per heavy atom. The molecule has 0 aromatic heterocycles. The molecule has 0 aliphatic rings. The van der Waals surface area contributed by atoms with Gasteiger partial charge in [0.2, 0.25) is 0 Å². The molecule has 0 aliphatic carbocycles. The number of carboxylic acids is 2. The average Bonchev–Trinajstić information content (AvgIpc) is 2.95. The molecule has 0 fully saturated rings. The predicted molar refractivity (Wildman–Crippen MR) is 178 cm³/mol. The summed E-state index contributed by atoms with van der Waals surface area (Å²) in [5, 5.41) is 38.8. The molecule has 0 rings (SSSR count). The van der Waals surface area contributed by atoms with E-state index in [0.29, 0.717) is 25.7 Å². The monoisotopic (exact) mass is 728 g/mol. The average molecular weight is 728 g/mol. The minimum atomic E-state index is -1.01. The summed E-state index contributed by atoms with van der Waals surface area (Å²) in [5.41, 5.74) is 0. The van der Waals surface area contributed by atoms with Crippen molar-refractivity contribution in [3.8, 4) is 0 Å². The van der Waals surface area contributed by atoms with Crippen molar-refractivity contribution in [2.75, 3.05) is 13.2 Å². The molecule has 0 saturated heterocycles. The van der Waals surface area contributed by atoms with Gasteiger partial charge in [-0.2, -0.15) is 25.3 Å². The number of carbonyl (C=O) groups is 2. The van der Waals surface area contributed by atoms with Gasteiger partial charge < -0.3 is 30.0 Å². The zero-order valence-corrected chi connectivity index (χ0v) is 31.4. The SMILES string of the molecule is CCCCCCCC(CC(S)CO)C(=O)[O-].CCCCCCCC(CC(S)CO)C(=O)[O-].CCC[CH2][Sn+2][CH2]CCC. The van der Waals surface area contributed by atoms with Crippen LogP contribution in [-0.4, -0.2) is 67.0 Å². The van der Waals surface area contributed by atoms with E-state index in [4.69, 9.17) is 10.2 Å². The van der Waals surface area contributed by atoms with Crippen LogP contribution in [0.4, 0.5) is 0 Å². The first-order valence-corrected chi connectivity index (χ1v) is 21.4. The summed E-state index contributed by atoms with van der Waals surface area (Å²) in [6.45, 7) is 8.72. The number of hydrogen-bond acceptors (Lipinski definition) is 8. The number of aliphatic hydroxyl groups is 2. The topological polar surface area (TPSA) is 121 Å². The van der Waals surface area contributed by atoms with Crippen LogP contribution in [0.5, 0.6) is 0 Å². The van der Waals surface area contributed by atoms with Crippen LogP contribution in [0.15, 0.2) is 0 Å². The Labute approximate surface area is 274 Å². The maximum atomic E-state index is 10.8. The fourth-order valence-corrected chi connectivity index (χ4v) is 8.85. The van der Waals surface area contributed by atoms with Crippen LogP contribution in [0, 0.1) is 11.8 Å². The normalized spacial score (nSPS) is 13.5. The van der Waals surface area contributed by atoms with Gasteiger partial charge >= 0.3 is 69.5 Å². The molecule has 0 bridgehead atoms. The first-order valence-electron chi connectivity index (χ1n) is 16.3. The zero-order chi connectivity index (χ0) is 31.7. The van der Waals surface area contributed by atoms with Crippen molar-refractivity contribution in [2.45, 2.75) is 163 Å². The van der Waals surface area contributed by atoms with Crippen LogP contribution < -0.4 is 10.2 Å². The number of rotatable bonds is 26. The van der Waals surface area contributed by atoms with Crippen LogP contribution in [-0.2, 0) is 9.59 Å². The number of carboxylic acid groups (broad SMARTS) is 2. The number of aliphatic carboxylic acids is 2. The van der Waals surface area contributed by atoms with Crippen molar-refractivity contribution in [2.24, 2.45) is 11.8 Å². The van der Waals surface area contributed by atoms with Gasteiger partial charge in [0, 0.05) is 22.4 Å². The molecule has 41 heavy (non-hydrogen) atoms. The Morgan fingerprint density at radius 2 is 0.902 bits per heavy atom. The van der Waals surface area contributed by atoms with Crippen LogP contribution >= 0.6 is 25.3 Å². The Kier molecular flexibility index (Phi) is 40.8. The van der Waals surface area contributed by atoms with Crippen LogP contribution in [0.25, 0.3) is 0 Å². The molecule has 4 unspecified atom stereocenters. The van der Waals surface area contributed by atoms with Crippen molar-refractivity contribution >= 4 is 58.3 Å². The molecule has 0 spiro atoms. The molecule has 4 atom stereocenters. The molecule has 0 aromatic carbocycles. The van der Waals surface area contributed by atoms with Gasteiger partial charge in [0.1, 0.15) is 0 Å². The van der Waals surface area contributed by atoms with E-state index in [-0.39, 0.29) is 44.9 Å². The molecule has 0 radical (unpaired) electrons. The summed E-state index contributed by atoms with van der Waals surface area (Å²) in [4.78, 5) is 21.7. The van der Waals surface area contributed by atoms with Gasteiger partial charge in [0.25, 0.3) is 0 Å². The number of carbonyl (C=O) groups excluding carboxylic acids is 2. The van der Waals surface area contributed by atoms with E-state index in [1.165, 1.54) is 64.2 Å². The van der Waals surface area contributed by atoms with Crippen LogP contribution in [0.1, 0.15) is 143 Å². The molecular weight excluding hydrogens is 663 g/mol. The molecule has 2 N–H and O–H groups in total. The third-order valence-corrected chi connectivity index (χ3v) is 11.7. The third kappa shape index (κ3) is 36.5. The second-order valence-electron chi connectivity index (χ2n) is 11.0. The summed E-state index contributed by atoms with van der Waals surface area (Å²) < 4.78 is 3.25. The molecule has 0 heterocycles. The van der Waals surface area contributed by atoms with Crippen molar-refractivity contribution in [1.29, 1.82) is 0 Å². The van der Waals surface area contributed by atoms with E-state index in [9.17, 15) is 19.8 Å². The first kappa shape index (κ1) is 45.8. The van der Waals surface area contributed by atoms with E-state index >= 15 is 0 Å². The molecule has 9 heteroatoms. The van der Waals surface area contributed by atoms with E-state index in [1.807, 2.05) is 0 Å². The molecule has 0 saturated carbocycles. The van der Waals surface area contributed by atoms with Gasteiger partial charge in [-0.15, -0.1) is 0 Å². The van der Waals surface area contributed by atoms with Gasteiger partial charge in [-0.05, 0) is 37.5 Å². The van der Waals surface area contributed by atoms with Gasteiger partial charge in [-0.25, -0.2) is 0 Å². The third-order valence-electron chi connectivity index (χ3n) is 6.93. The molecule has 0 amide bonds. The molecule has 244 valence electrons. The van der Waals surface area contributed by atoms with Crippen molar-refractivity contribution in [3.05, 3.63) is 0 Å². The van der Waals surface area contributed by atoms with Gasteiger partial charge in [0.15, 0.2) is 0 Å². The Bertz CT molecular complexity index is 510. The molecule has 0 aromatic rings. The minimum absolute atomic E-state index is 0.0806. The Hall–Kier alpha value is 0.359. The van der Waals surface area contributed by atoms with Gasteiger partial charge in [0.05, 0.1) is 13.2 Å². The first-order chi connectivity index (χ1) is 19.6. The second kappa shape index (κ2) is 36.5. The van der Waals surface area contributed by atoms with E-state index in [1.54, 1.807) is 8.87 Å². The quantitative estimate of drug-likeness (QED) is 0.0500. The van der Waals surface area contributed by atoms with Crippen molar-refractivity contribution in [1.82, 2.24) is 0 Å². The summed E-state index contributed by atoms with van der Waals surface area (Å²) in [7, 11) is 0. The summed E-state index contributed by atoms with van der Waals surface area (Å²) in [6, 6.07) is 0. The van der Waals surface area contributed by atoms with Crippen LogP contribution in [0.2, 0.25) is 8.87 Å². The Morgan fingerprint density at radius 1 is 0.585 bits per heavy atom. The summed E-state index contributed by atoms with van der Waals surface area (Å²) in [6.07, 6.45) is 19.0. The number of aliphatic hydroxyl groups excluding tert-OH is 2. The maximum absolute atomic E-state index is 10.8. The Balaban J connectivity index is -0.000000551. The van der Waals surface area contributed by atoms with E-state index in [2.05, 4.69) is 53.0 Å². The predicted octanol–water partition coefficient (Wildman–Crippen LogP) is 5.92. The summed E-state index contributed by atoms with van der Waals surface area (Å²) in [5.74, 6) is -2.95. The fraction of sp³-hybridized carbons (Fsp3) is 0.938. The molecule has 6 nitrogen and oxygen atoms in total. The number of thiol groups is 2. The van der Waals surface area contributed by atoms with Crippen molar-refractivity contribution < 1.29 is 30.0 Å². The fourth-order valence-electron chi connectivity index (χ4n) is 4.19. The van der Waals surface area contributed by atoms with Gasteiger partial charge in [-0.1, -0.05) is 78.1 Å². The van der Waals surface area contributed by atoms with Crippen LogP contribution in [0.3, 0.4) is 0 Å². The van der Waals surface area contributed by atoms with Gasteiger partial charge in [-0.3, -0.25) is 0 Å². The number of hydrogen-bond donors (Lipinski definition) is 4. The van der Waals surface area contributed by atoms with Crippen molar-refractivity contribution in [3.63, 3.8) is 0 Å². The standard InChI is InChI=1S/2C12H24O3S.2C4H9.Sn/c2*1-2-3-4-5-6-7-10(12(14)15)8-11(16)9-13;2*1-3-4-2;/h2*10-11,13,16H,2-9H2,1H3,(H,14,15);2*1,3-4H2,2H3;/q;;;;+2/p-2. The molecular formula is C32H64O6S2Sn. The van der Waals surface area contributed by atoms with E-state index in [0.717, 1.165) is 25.7 Å². The zero-order valence-electron chi connectivity index (χ0n) is 26.8. The molecule has 0 aliphatic heterocycles. The number of unbranched alkanes of at least 4 members (excludes halogenated alkanes) is 10. The summed E-state index contributed by atoms with van der Waals surface area (Å²) >= 11 is 8.35.